The minimum absolute atomic E-state index is 0.0762. The SMILES string of the molecule is CCC(C(=O)O)[C@]1(c2nnc3n2-c2sc(C4CC4)cc2C(c2ccccc2Cl)=NC3)C=CC=C2N=C(C(N)=O)C=C21. The molecular weight excluding hydrogens is 560 g/mol. The van der Waals surface area contributed by atoms with E-state index in [1.165, 1.54) is 4.88 Å². The highest BCUT2D eigenvalue weighted by atomic mass is 35.5. The summed E-state index contributed by atoms with van der Waals surface area (Å²) in [6, 6.07) is 9.81. The summed E-state index contributed by atoms with van der Waals surface area (Å²) in [5.41, 5.74) is 7.97. The number of carbonyl (C=O) groups is 2. The van der Waals surface area contributed by atoms with Gasteiger partial charge in [-0.25, -0.2) is 4.99 Å². The molecule has 0 bridgehead atoms. The predicted molar refractivity (Wildman–Crippen MR) is 157 cm³/mol. The highest BCUT2D eigenvalue weighted by Gasteiger charge is 2.52. The van der Waals surface area contributed by atoms with E-state index in [4.69, 9.17) is 22.3 Å². The fraction of sp³-hybridized carbons (Fsp3) is 0.267. The van der Waals surface area contributed by atoms with Crippen LogP contribution in [0.3, 0.4) is 0 Å². The summed E-state index contributed by atoms with van der Waals surface area (Å²) >= 11 is 8.32. The lowest BCUT2D eigenvalue weighted by Crippen LogP contribution is -2.43. The summed E-state index contributed by atoms with van der Waals surface area (Å²) in [4.78, 5) is 35.7. The molecule has 0 spiro atoms. The third-order valence-electron chi connectivity index (χ3n) is 8.14. The summed E-state index contributed by atoms with van der Waals surface area (Å²) in [6.07, 6.45) is 9.52. The maximum absolute atomic E-state index is 12.9. The van der Waals surface area contributed by atoms with Gasteiger partial charge in [-0.05, 0) is 55.0 Å². The molecule has 1 unspecified atom stereocenters. The molecule has 1 saturated carbocycles. The summed E-state index contributed by atoms with van der Waals surface area (Å²) in [5.74, 6) is -1.09. The number of nitrogens with zero attached hydrogens (tertiary/aromatic N) is 5. The normalized spacial score (nSPS) is 21.5. The summed E-state index contributed by atoms with van der Waals surface area (Å²) in [7, 11) is 0. The smallest absolute Gasteiger partial charge is 0.308 e. The van der Waals surface area contributed by atoms with E-state index >= 15 is 0 Å². The monoisotopic (exact) mass is 584 g/mol. The molecule has 1 fully saturated rings. The lowest BCUT2D eigenvalue weighted by molar-refractivity contribution is -0.143. The molecule has 2 atom stereocenters. The first kappa shape index (κ1) is 25.8. The molecular formula is C30H25ClN6O3S. The Bertz CT molecular complexity index is 1810. The zero-order valence-electron chi connectivity index (χ0n) is 22.0. The maximum Gasteiger partial charge on any atom is 0.308 e. The van der Waals surface area contributed by atoms with Crippen molar-refractivity contribution in [2.45, 2.75) is 44.1 Å². The number of aliphatic carboxylic acids is 1. The van der Waals surface area contributed by atoms with E-state index in [1.54, 1.807) is 29.6 Å². The molecule has 0 saturated heterocycles. The number of rotatable bonds is 7. The van der Waals surface area contributed by atoms with Crippen molar-refractivity contribution in [2.24, 2.45) is 21.6 Å². The van der Waals surface area contributed by atoms with Gasteiger partial charge in [0, 0.05) is 21.0 Å². The minimum atomic E-state index is -1.27. The van der Waals surface area contributed by atoms with Crippen molar-refractivity contribution < 1.29 is 14.7 Å². The number of aliphatic imine (C=N–C) groups is 2. The Morgan fingerprint density at radius 3 is 2.76 bits per heavy atom. The van der Waals surface area contributed by atoms with Gasteiger partial charge in [0.2, 0.25) is 0 Å². The number of carbonyl (C=O) groups excluding carboxylic acids is 1. The van der Waals surface area contributed by atoms with Crippen LogP contribution < -0.4 is 5.73 Å². The number of thiophene rings is 1. The van der Waals surface area contributed by atoms with E-state index in [0.717, 1.165) is 34.7 Å². The van der Waals surface area contributed by atoms with Crippen LogP contribution in [0.5, 0.6) is 0 Å². The third-order valence-corrected chi connectivity index (χ3v) is 9.75. The number of hydrogen-bond acceptors (Lipinski definition) is 7. The Morgan fingerprint density at radius 1 is 1.24 bits per heavy atom. The second-order valence-electron chi connectivity index (χ2n) is 10.6. The number of carboxylic acid groups (broad SMARTS) is 1. The lowest BCUT2D eigenvalue weighted by atomic mass is 9.65. The number of halogens is 1. The van der Waals surface area contributed by atoms with E-state index in [9.17, 15) is 14.7 Å². The Morgan fingerprint density at radius 2 is 2.05 bits per heavy atom. The molecule has 1 amide bonds. The average Bonchev–Trinajstić information content (AvgIpc) is 3.38. The lowest BCUT2D eigenvalue weighted by Gasteiger charge is -2.38. The maximum atomic E-state index is 12.9. The van der Waals surface area contributed by atoms with E-state index < -0.39 is 23.2 Å². The molecule has 7 rings (SSSR count). The fourth-order valence-corrected chi connectivity index (χ4v) is 7.64. The largest absolute Gasteiger partial charge is 0.481 e. The predicted octanol–water partition coefficient (Wildman–Crippen LogP) is 4.88. The number of primary amides is 1. The van der Waals surface area contributed by atoms with Gasteiger partial charge in [0.05, 0.1) is 22.7 Å². The standard InChI is InChI=1S/C30H25ClN6O3S/c1-2-18(28(39)40)30(11-5-8-21-19(30)13-22(34-21)26(32)38)29-36-35-24-14-33-25(16-6-3-4-7-20(16)31)17-12-23(15-9-10-15)41-27(17)37(24)29/h3-8,11-13,15,18H,2,9-10,14H2,1H3,(H2,32,38)(H,39,40)/t18?,30-/m1/s1. The molecule has 11 heteroatoms. The molecule has 2 aliphatic carbocycles. The Balaban J connectivity index is 1.50. The van der Waals surface area contributed by atoms with Crippen LogP contribution >= 0.6 is 22.9 Å². The van der Waals surface area contributed by atoms with E-state index in [2.05, 4.69) is 21.3 Å². The number of hydrogen-bond donors (Lipinski definition) is 2. The van der Waals surface area contributed by atoms with E-state index in [1.807, 2.05) is 41.8 Å². The molecule has 4 heterocycles. The van der Waals surface area contributed by atoms with Crippen molar-refractivity contribution in [1.82, 2.24) is 14.8 Å². The van der Waals surface area contributed by atoms with E-state index in [-0.39, 0.29) is 12.3 Å². The Hall–Kier alpha value is -4.15. The molecule has 1 aromatic carbocycles. The summed E-state index contributed by atoms with van der Waals surface area (Å²) in [6.45, 7) is 2.06. The van der Waals surface area contributed by atoms with Gasteiger partial charge in [-0.1, -0.05) is 48.9 Å². The van der Waals surface area contributed by atoms with Crippen LogP contribution in [0.25, 0.3) is 5.00 Å². The number of carboxylic acids is 1. The van der Waals surface area contributed by atoms with Crippen LogP contribution in [0, 0.1) is 5.92 Å². The first-order chi connectivity index (χ1) is 19.8. The van der Waals surface area contributed by atoms with Crippen LogP contribution in [0.2, 0.25) is 5.02 Å². The van der Waals surface area contributed by atoms with Crippen molar-refractivity contribution in [1.29, 1.82) is 0 Å². The minimum Gasteiger partial charge on any atom is -0.481 e. The van der Waals surface area contributed by atoms with Gasteiger partial charge in [0.15, 0.2) is 11.6 Å². The first-order valence-corrected chi connectivity index (χ1v) is 14.6. The van der Waals surface area contributed by atoms with Crippen LogP contribution in [-0.4, -0.2) is 43.2 Å². The Labute approximate surface area is 244 Å². The fourth-order valence-electron chi connectivity index (χ4n) is 6.07. The highest BCUT2D eigenvalue weighted by Crippen LogP contribution is 2.51. The van der Waals surface area contributed by atoms with E-state index in [0.29, 0.717) is 40.3 Å². The first-order valence-electron chi connectivity index (χ1n) is 13.5. The second kappa shape index (κ2) is 9.46. The number of aromatic nitrogens is 3. The molecule has 41 heavy (non-hydrogen) atoms. The quantitative estimate of drug-likeness (QED) is 0.408. The van der Waals surface area contributed by atoms with Crippen molar-refractivity contribution in [2.75, 3.05) is 0 Å². The number of amides is 1. The van der Waals surface area contributed by atoms with Crippen molar-refractivity contribution in [3.63, 3.8) is 0 Å². The van der Waals surface area contributed by atoms with Gasteiger partial charge >= 0.3 is 5.97 Å². The van der Waals surface area contributed by atoms with Gasteiger partial charge in [-0.15, -0.1) is 21.5 Å². The van der Waals surface area contributed by atoms with Gasteiger partial charge in [-0.3, -0.25) is 19.1 Å². The summed E-state index contributed by atoms with van der Waals surface area (Å²) < 4.78 is 1.97. The van der Waals surface area contributed by atoms with Gasteiger partial charge < -0.3 is 10.8 Å². The molecule has 3 N–H and O–H groups in total. The number of fused-ring (bicyclic) bond motifs is 4. The molecule has 206 valence electrons. The summed E-state index contributed by atoms with van der Waals surface area (Å²) in [5, 5.41) is 21.3. The molecule has 2 aromatic heterocycles. The number of nitrogens with two attached hydrogens (primary N) is 1. The van der Waals surface area contributed by atoms with Gasteiger partial charge in [0.1, 0.15) is 17.3 Å². The molecule has 9 nitrogen and oxygen atoms in total. The highest BCUT2D eigenvalue weighted by molar-refractivity contribution is 7.15. The zero-order chi connectivity index (χ0) is 28.5. The van der Waals surface area contributed by atoms with Gasteiger partial charge in [-0.2, -0.15) is 0 Å². The third kappa shape index (κ3) is 3.88. The average molecular weight is 585 g/mol. The van der Waals surface area contributed by atoms with Crippen LogP contribution in [0.1, 0.15) is 59.8 Å². The molecule has 2 aliphatic heterocycles. The van der Waals surface area contributed by atoms with Crippen molar-refractivity contribution >= 4 is 46.2 Å². The Kier molecular flexibility index (Phi) is 5.95. The van der Waals surface area contributed by atoms with Crippen LogP contribution in [0.15, 0.2) is 75.9 Å². The van der Waals surface area contributed by atoms with Crippen LogP contribution in [-0.2, 0) is 21.5 Å². The molecule has 4 aliphatic rings. The zero-order valence-corrected chi connectivity index (χ0v) is 23.6. The number of allylic oxidation sites excluding steroid dienone is 4. The number of benzene rings is 1. The second-order valence-corrected chi connectivity index (χ2v) is 12.0. The topological polar surface area (TPSA) is 136 Å². The van der Waals surface area contributed by atoms with Crippen molar-refractivity contribution in [3.8, 4) is 5.00 Å². The van der Waals surface area contributed by atoms with Crippen molar-refractivity contribution in [3.05, 3.63) is 98.6 Å². The van der Waals surface area contributed by atoms with Gasteiger partial charge in [0.25, 0.3) is 5.91 Å². The molecule has 3 aromatic rings. The molecule has 0 radical (unpaired) electrons. The van der Waals surface area contributed by atoms with Crippen LogP contribution in [0.4, 0.5) is 0 Å².